The van der Waals surface area contributed by atoms with Crippen molar-refractivity contribution in [3.8, 4) is 0 Å². The number of amides is 1. The minimum absolute atomic E-state index is 0.0719. The van der Waals surface area contributed by atoms with Crippen LogP contribution in [0.4, 0.5) is 5.69 Å². The molecule has 0 unspecified atom stereocenters. The zero-order valence-electron chi connectivity index (χ0n) is 6.51. The molecule has 0 aliphatic carbocycles. The van der Waals surface area contributed by atoms with E-state index in [9.17, 15) is 4.79 Å². The van der Waals surface area contributed by atoms with Crippen LogP contribution in [0.5, 0.6) is 0 Å². The van der Waals surface area contributed by atoms with Crippen molar-refractivity contribution in [2.75, 3.05) is 11.9 Å². The van der Waals surface area contributed by atoms with E-state index in [0.29, 0.717) is 0 Å². The molecule has 4 heteroatoms. The van der Waals surface area contributed by atoms with E-state index < -0.39 is 0 Å². The van der Waals surface area contributed by atoms with Crippen LogP contribution >= 0.6 is 15.9 Å². The van der Waals surface area contributed by atoms with Gasteiger partial charge in [0.15, 0.2) is 6.54 Å². The number of nitrogens with one attached hydrogen (secondary N) is 1. The van der Waals surface area contributed by atoms with Crippen molar-refractivity contribution >= 4 is 27.5 Å². The van der Waals surface area contributed by atoms with Crippen molar-refractivity contribution in [1.82, 2.24) is 0 Å². The second kappa shape index (κ2) is 4.23. The maximum Gasteiger partial charge on any atom is 0.279 e. The normalized spacial score (nSPS) is 9.50. The van der Waals surface area contributed by atoms with E-state index in [1.165, 1.54) is 0 Å². The molecule has 0 saturated carbocycles. The Labute approximate surface area is 79.1 Å². The second-order valence-corrected chi connectivity index (χ2v) is 3.22. The highest BCUT2D eigenvalue weighted by Crippen LogP contribution is 2.13. The van der Waals surface area contributed by atoms with Gasteiger partial charge < -0.3 is 11.1 Å². The maximum absolute atomic E-state index is 10.9. The molecular weight excluding hydrogens is 220 g/mol. The third kappa shape index (κ3) is 2.64. The van der Waals surface area contributed by atoms with Gasteiger partial charge in [-0.1, -0.05) is 15.9 Å². The van der Waals surface area contributed by atoms with Crippen LogP contribution in [-0.4, -0.2) is 12.5 Å². The SMILES string of the molecule is [NH3+]CC(=O)Nc1ccc(Br)cc1. The first-order chi connectivity index (χ1) is 5.72. The molecule has 64 valence electrons. The Hall–Kier alpha value is -0.870. The number of rotatable bonds is 2. The number of hydrogen-bond acceptors (Lipinski definition) is 1. The molecule has 4 N–H and O–H groups in total. The molecule has 0 saturated heterocycles. The van der Waals surface area contributed by atoms with Gasteiger partial charge in [-0.15, -0.1) is 0 Å². The van der Waals surface area contributed by atoms with E-state index >= 15 is 0 Å². The Kier molecular flexibility index (Phi) is 3.25. The average Bonchev–Trinajstić information content (AvgIpc) is 2.09. The van der Waals surface area contributed by atoms with Crippen LogP contribution < -0.4 is 11.1 Å². The third-order valence-corrected chi connectivity index (χ3v) is 1.88. The van der Waals surface area contributed by atoms with E-state index in [0.717, 1.165) is 10.2 Å². The highest BCUT2D eigenvalue weighted by Gasteiger charge is 1.99. The van der Waals surface area contributed by atoms with E-state index in [2.05, 4.69) is 27.0 Å². The molecule has 0 heterocycles. The maximum atomic E-state index is 10.9. The highest BCUT2D eigenvalue weighted by molar-refractivity contribution is 9.10. The summed E-state index contributed by atoms with van der Waals surface area (Å²) in [6.45, 7) is 0.260. The van der Waals surface area contributed by atoms with Crippen LogP contribution in [0.1, 0.15) is 0 Å². The summed E-state index contributed by atoms with van der Waals surface area (Å²) in [4.78, 5) is 10.9. The largest absolute Gasteiger partial charge is 0.350 e. The lowest BCUT2D eigenvalue weighted by atomic mass is 10.3. The van der Waals surface area contributed by atoms with E-state index in [1.807, 2.05) is 24.3 Å². The average molecular weight is 230 g/mol. The summed E-state index contributed by atoms with van der Waals surface area (Å²) >= 11 is 3.30. The lowest BCUT2D eigenvalue weighted by molar-refractivity contribution is -0.353. The van der Waals surface area contributed by atoms with Gasteiger partial charge in [-0.2, -0.15) is 0 Å². The zero-order chi connectivity index (χ0) is 8.97. The summed E-state index contributed by atoms with van der Waals surface area (Å²) in [5.74, 6) is -0.0719. The quantitative estimate of drug-likeness (QED) is 0.769. The number of anilines is 1. The van der Waals surface area contributed by atoms with Gasteiger partial charge in [0.1, 0.15) is 0 Å². The van der Waals surface area contributed by atoms with E-state index in [-0.39, 0.29) is 12.5 Å². The van der Waals surface area contributed by atoms with Crippen LogP contribution in [0.2, 0.25) is 0 Å². The standard InChI is InChI=1S/C8H9BrN2O/c9-6-1-3-7(4-2-6)11-8(12)5-10/h1-4H,5,10H2,(H,11,12)/p+1. The van der Waals surface area contributed by atoms with Crippen molar-refractivity contribution in [3.63, 3.8) is 0 Å². The molecule has 0 spiro atoms. The first kappa shape index (κ1) is 9.22. The first-order valence-electron chi connectivity index (χ1n) is 3.57. The van der Waals surface area contributed by atoms with Gasteiger partial charge in [0, 0.05) is 10.2 Å². The van der Waals surface area contributed by atoms with Crippen molar-refractivity contribution in [3.05, 3.63) is 28.7 Å². The molecule has 0 aliphatic heterocycles. The van der Waals surface area contributed by atoms with Gasteiger partial charge in [-0.3, -0.25) is 4.79 Å². The number of carbonyl (C=O) groups is 1. The Morgan fingerprint density at radius 2 is 2.00 bits per heavy atom. The summed E-state index contributed by atoms with van der Waals surface area (Å²) in [6.07, 6.45) is 0. The highest BCUT2D eigenvalue weighted by atomic mass is 79.9. The molecule has 1 rings (SSSR count). The van der Waals surface area contributed by atoms with Crippen molar-refractivity contribution in [2.24, 2.45) is 0 Å². The second-order valence-electron chi connectivity index (χ2n) is 2.31. The first-order valence-corrected chi connectivity index (χ1v) is 4.36. The van der Waals surface area contributed by atoms with Crippen LogP contribution in [-0.2, 0) is 4.79 Å². The third-order valence-electron chi connectivity index (χ3n) is 1.36. The number of halogens is 1. The predicted octanol–water partition coefficient (Wildman–Crippen LogP) is 0.630. The van der Waals surface area contributed by atoms with Crippen molar-refractivity contribution in [2.45, 2.75) is 0 Å². The Balaban J connectivity index is 2.64. The van der Waals surface area contributed by atoms with Gasteiger partial charge >= 0.3 is 0 Å². The molecule has 0 aromatic heterocycles. The molecule has 3 nitrogen and oxygen atoms in total. The lowest BCUT2D eigenvalue weighted by Crippen LogP contribution is -2.55. The molecule has 0 fully saturated rings. The molecule has 1 amide bonds. The van der Waals surface area contributed by atoms with Gasteiger partial charge in [-0.05, 0) is 24.3 Å². The predicted molar refractivity (Wildman–Crippen MR) is 50.5 cm³/mol. The molecule has 1 aromatic rings. The topological polar surface area (TPSA) is 56.7 Å². The Bertz CT molecular complexity index is 271. The smallest absolute Gasteiger partial charge is 0.279 e. The minimum Gasteiger partial charge on any atom is -0.350 e. The molecular formula is C8H10BrN2O+. The summed E-state index contributed by atoms with van der Waals surface area (Å²) in [6, 6.07) is 7.41. The fourth-order valence-corrected chi connectivity index (χ4v) is 1.02. The summed E-state index contributed by atoms with van der Waals surface area (Å²) in [7, 11) is 0. The molecule has 12 heavy (non-hydrogen) atoms. The lowest BCUT2D eigenvalue weighted by Gasteiger charge is -2.00. The summed E-state index contributed by atoms with van der Waals surface area (Å²) in [5.41, 5.74) is 4.28. The van der Waals surface area contributed by atoms with Crippen LogP contribution in [0.25, 0.3) is 0 Å². The fourth-order valence-electron chi connectivity index (χ4n) is 0.757. The van der Waals surface area contributed by atoms with Crippen LogP contribution in [0, 0.1) is 0 Å². The van der Waals surface area contributed by atoms with E-state index in [1.54, 1.807) is 0 Å². The molecule has 0 aliphatic rings. The molecule has 1 aromatic carbocycles. The Morgan fingerprint density at radius 1 is 1.42 bits per heavy atom. The van der Waals surface area contributed by atoms with Crippen molar-refractivity contribution < 1.29 is 10.5 Å². The fraction of sp³-hybridized carbons (Fsp3) is 0.125. The van der Waals surface area contributed by atoms with Gasteiger partial charge in [0.05, 0.1) is 0 Å². The summed E-state index contributed by atoms with van der Waals surface area (Å²) < 4.78 is 0.995. The number of benzene rings is 1. The number of hydrogen-bond donors (Lipinski definition) is 2. The Morgan fingerprint density at radius 3 is 2.50 bits per heavy atom. The molecule has 0 bridgehead atoms. The summed E-state index contributed by atoms with van der Waals surface area (Å²) in [5, 5.41) is 2.70. The number of quaternary nitrogens is 1. The van der Waals surface area contributed by atoms with Crippen LogP contribution in [0.3, 0.4) is 0 Å². The molecule has 0 radical (unpaired) electrons. The van der Waals surface area contributed by atoms with Crippen molar-refractivity contribution in [1.29, 1.82) is 0 Å². The van der Waals surface area contributed by atoms with Crippen LogP contribution in [0.15, 0.2) is 28.7 Å². The molecule has 0 atom stereocenters. The minimum atomic E-state index is -0.0719. The van der Waals surface area contributed by atoms with E-state index in [4.69, 9.17) is 0 Å². The zero-order valence-corrected chi connectivity index (χ0v) is 8.10. The van der Waals surface area contributed by atoms with Gasteiger partial charge in [0.25, 0.3) is 5.91 Å². The monoisotopic (exact) mass is 229 g/mol. The van der Waals surface area contributed by atoms with Gasteiger partial charge in [0.2, 0.25) is 0 Å². The van der Waals surface area contributed by atoms with Gasteiger partial charge in [-0.25, -0.2) is 0 Å². The number of carbonyl (C=O) groups excluding carboxylic acids is 1.